The maximum Gasteiger partial charge on any atom is 0.318 e. The number of anilines is 1. The third-order valence-electron chi connectivity index (χ3n) is 5.22. The lowest BCUT2D eigenvalue weighted by Gasteiger charge is -2.28. The minimum atomic E-state index is -0.683. The quantitative estimate of drug-likeness (QED) is 0.574. The highest BCUT2D eigenvalue weighted by molar-refractivity contribution is 5.83. The summed E-state index contributed by atoms with van der Waals surface area (Å²) in [5.41, 5.74) is 2.88. The van der Waals surface area contributed by atoms with Crippen LogP contribution in [-0.2, 0) is 4.79 Å². The van der Waals surface area contributed by atoms with E-state index in [4.69, 9.17) is 0 Å². The van der Waals surface area contributed by atoms with E-state index in [1.165, 1.54) is 0 Å². The molecule has 6 nitrogen and oxygen atoms in total. The van der Waals surface area contributed by atoms with E-state index >= 15 is 0 Å². The second kappa shape index (κ2) is 8.17. The molecule has 0 spiro atoms. The van der Waals surface area contributed by atoms with Gasteiger partial charge in [0, 0.05) is 35.9 Å². The van der Waals surface area contributed by atoms with Crippen LogP contribution in [0.4, 0.5) is 10.5 Å². The van der Waals surface area contributed by atoms with Crippen LogP contribution in [0.3, 0.4) is 0 Å². The van der Waals surface area contributed by atoms with E-state index in [2.05, 4.69) is 15.6 Å². The van der Waals surface area contributed by atoms with Crippen molar-refractivity contribution in [3.8, 4) is 0 Å². The summed E-state index contributed by atoms with van der Waals surface area (Å²) < 4.78 is 0. The molecular weight excluding hydrogens is 352 g/mol. The van der Waals surface area contributed by atoms with E-state index in [0.29, 0.717) is 0 Å². The maximum absolute atomic E-state index is 12.6. The average Bonchev–Trinajstić information content (AvgIpc) is 3.42. The highest BCUT2D eigenvalue weighted by atomic mass is 16.2. The molecule has 0 bridgehead atoms. The van der Waals surface area contributed by atoms with Crippen LogP contribution in [0.2, 0.25) is 0 Å². The lowest BCUT2D eigenvalue weighted by Crippen LogP contribution is -2.48. The summed E-state index contributed by atoms with van der Waals surface area (Å²) in [5.74, 6) is 0. The number of likely N-dealkylation sites (tertiary alicyclic amines) is 1. The fourth-order valence-electron chi connectivity index (χ4n) is 3.71. The van der Waals surface area contributed by atoms with Crippen molar-refractivity contribution in [2.75, 3.05) is 18.4 Å². The number of rotatable bonds is 6. The zero-order chi connectivity index (χ0) is 19.3. The zero-order valence-electron chi connectivity index (χ0n) is 15.6. The number of nitrogens with one attached hydrogen (secondary N) is 3. The van der Waals surface area contributed by atoms with E-state index in [-0.39, 0.29) is 12.1 Å². The summed E-state index contributed by atoms with van der Waals surface area (Å²) in [6.45, 7) is 1.48. The normalized spacial score (nSPS) is 15.9. The lowest BCUT2D eigenvalue weighted by molar-refractivity contribution is -0.109. The Bertz CT molecular complexity index is 947. The largest absolute Gasteiger partial charge is 0.376 e. The fraction of sp³-hybridized carbons (Fsp3) is 0.273. The van der Waals surface area contributed by atoms with Crippen LogP contribution in [0.1, 0.15) is 24.4 Å². The maximum atomic E-state index is 12.6. The number of hydrogen-bond donors (Lipinski definition) is 3. The van der Waals surface area contributed by atoms with Gasteiger partial charge in [0.2, 0.25) is 0 Å². The molecule has 2 amide bonds. The summed E-state index contributed by atoms with van der Waals surface area (Å²) in [6.07, 6.45) is 4.73. The van der Waals surface area contributed by atoms with Gasteiger partial charge in [0.1, 0.15) is 12.3 Å². The van der Waals surface area contributed by atoms with Gasteiger partial charge in [0.15, 0.2) is 0 Å². The van der Waals surface area contributed by atoms with Crippen LogP contribution in [0, 0.1) is 0 Å². The first-order valence-electron chi connectivity index (χ1n) is 9.64. The Balaban J connectivity index is 1.59. The smallest absolute Gasteiger partial charge is 0.318 e. The average molecular weight is 376 g/mol. The molecule has 2 atom stereocenters. The van der Waals surface area contributed by atoms with Gasteiger partial charge in [0.05, 0.1) is 6.04 Å². The Kier molecular flexibility index (Phi) is 5.28. The standard InChI is InChI=1S/C22H24N4O2/c27-15-20(25-22(28)26-12-4-5-13-26)21(16-6-2-1-3-7-16)24-18-8-9-19-17(14-18)10-11-23-19/h1-3,6-11,14-15,20-21,23-24H,4-5,12-13H2,(H,25,28)/t20-,21+/m1/s1. The zero-order valence-corrected chi connectivity index (χ0v) is 15.6. The number of urea groups is 1. The van der Waals surface area contributed by atoms with E-state index in [1.54, 1.807) is 4.90 Å². The molecule has 2 aromatic carbocycles. The molecule has 2 heterocycles. The van der Waals surface area contributed by atoms with E-state index < -0.39 is 6.04 Å². The lowest BCUT2D eigenvalue weighted by atomic mass is 9.99. The van der Waals surface area contributed by atoms with Crippen LogP contribution in [0.15, 0.2) is 60.8 Å². The Hall–Kier alpha value is -3.28. The van der Waals surface area contributed by atoms with Crippen LogP contribution in [-0.4, -0.2) is 41.3 Å². The van der Waals surface area contributed by atoms with Gasteiger partial charge in [-0.3, -0.25) is 0 Å². The van der Waals surface area contributed by atoms with Gasteiger partial charge in [-0.25, -0.2) is 4.79 Å². The van der Waals surface area contributed by atoms with E-state index in [0.717, 1.165) is 54.4 Å². The topological polar surface area (TPSA) is 77.2 Å². The molecule has 3 aromatic rings. The molecule has 1 aromatic heterocycles. The van der Waals surface area contributed by atoms with E-state index in [9.17, 15) is 9.59 Å². The number of benzene rings is 2. The summed E-state index contributed by atoms with van der Waals surface area (Å²) in [6, 6.07) is 16.5. The van der Waals surface area contributed by atoms with Crippen molar-refractivity contribution in [3.63, 3.8) is 0 Å². The number of amides is 2. The predicted octanol–water partition coefficient (Wildman–Crippen LogP) is 3.69. The van der Waals surface area contributed by atoms with Gasteiger partial charge in [0.25, 0.3) is 0 Å². The van der Waals surface area contributed by atoms with Crippen LogP contribution in [0.5, 0.6) is 0 Å². The number of aldehydes is 1. The first kappa shape index (κ1) is 18.1. The summed E-state index contributed by atoms with van der Waals surface area (Å²) >= 11 is 0. The number of H-pyrrole nitrogens is 1. The number of nitrogens with zero attached hydrogens (tertiary/aromatic N) is 1. The second-order valence-electron chi connectivity index (χ2n) is 7.12. The van der Waals surface area contributed by atoms with Gasteiger partial charge in [-0.05, 0) is 42.7 Å². The van der Waals surface area contributed by atoms with Crippen molar-refractivity contribution < 1.29 is 9.59 Å². The fourth-order valence-corrected chi connectivity index (χ4v) is 3.71. The number of carbonyl (C=O) groups excluding carboxylic acids is 2. The molecule has 0 saturated carbocycles. The molecule has 3 N–H and O–H groups in total. The highest BCUT2D eigenvalue weighted by Crippen LogP contribution is 2.25. The monoisotopic (exact) mass is 376 g/mol. The van der Waals surface area contributed by atoms with Crippen LogP contribution < -0.4 is 10.6 Å². The molecule has 0 aliphatic carbocycles. The van der Waals surface area contributed by atoms with Crippen molar-refractivity contribution in [3.05, 3.63) is 66.4 Å². The molecule has 1 fully saturated rings. The highest BCUT2D eigenvalue weighted by Gasteiger charge is 2.27. The first-order valence-corrected chi connectivity index (χ1v) is 9.64. The SMILES string of the molecule is O=C[C@@H](NC(=O)N1CCCC1)[C@@H](Nc1ccc2[nH]ccc2c1)c1ccccc1. The number of aromatic amines is 1. The predicted molar refractivity (Wildman–Crippen MR) is 110 cm³/mol. The Morgan fingerprint density at radius 1 is 1.07 bits per heavy atom. The van der Waals surface area contributed by atoms with Crippen LogP contribution >= 0.6 is 0 Å². The summed E-state index contributed by atoms with van der Waals surface area (Å²) in [4.78, 5) is 29.5. The third-order valence-corrected chi connectivity index (χ3v) is 5.22. The van der Waals surface area contributed by atoms with Gasteiger partial charge in [-0.1, -0.05) is 30.3 Å². The minimum Gasteiger partial charge on any atom is -0.376 e. The Morgan fingerprint density at radius 2 is 1.86 bits per heavy atom. The molecule has 28 heavy (non-hydrogen) atoms. The van der Waals surface area contributed by atoms with Crippen molar-refractivity contribution >= 4 is 28.9 Å². The molecule has 144 valence electrons. The van der Waals surface area contributed by atoms with Crippen molar-refractivity contribution in [2.24, 2.45) is 0 Å². The number of aromatic nitrogens is 1. The van der Waals surface area contributed by atoms with Gasteiger partial charge < -0.3 is 25.3 Å². The van der Waals surface area contributed by atoms with Crippen LogP contribution in [0.25, 0.3) is 10.9 Å². The number of carbonyl (C=O) groups is 2. The molecule has 0 radical (unpaired) electrons. The van der Waals surface area contributed by atoms with Crippen molar-refractivity contribution in [1.82, 2.24) is 15.2 Å². The first-order chi connectivity index (χ1) is 13.7. The van der Waals surface area contributed by atoms with Gasteiger partial charge >= 0.3 is 6.03 Å². The number of hydrogen-bond acceptors (Lipinski definition) is 3. The van der Waals surface area contributed by atoms with Crippen molar-refractivity contribution in [2.45, 2.75) is 24.9 Å². The molecule has 0 unspecified atom stereocenters. The molecule has 1 aliphatic heterocycles. The summed E-state index contributed by atoms with van der Waals surface area (Å²) in [5, 5.41) is 7.44. The molecule has 1 aliphatic rings. The number of fused-ring (bicyclic) bond motifs is 1. The third kappa shape index (κ3) is 3.86. The second-order valence-corrected chi connectivity index (χ2v) is 7.12. The van der Waals surface area contributed by atoms with Gasteiger partial charge in [-0.15, -0.1) is 0 Å². The Labute approximate surface area is 163 Å². The minimum absolute atomic E-state index is 0.182. The van der Waals surface area contributed by atoms with Crippen molar-refractivity contribution in [1.29, 1.82) is 0 Å². The Morgan fingerprint density at radius 3 is 2.61 bits per heavy atom. The van der Waals surface area contributed by atoms with E-state index in [1.807, 2.05) is 60.8 Å². The molecule has 6 heteroatoms. The molecule has 4 rings (SSSR count). The molecule has 1 saturated heterocycles. The molecular formula is C22H24N4O2. The van der Waals surface area contributed by atoms with Gasteiger partial charge in [-0.2, -0.15) is 0 Å². The summed E-state index contributed by atoms with van der Waals surface area (Å²) in [7, 11) is 0.